The maximum Gasteiger partial charge on any atom is 0.343 e. The maximum atomic E-state index is 12.9. The molecule has 10 heteroatoms. The summed E-state index contributed by atoms with van der Waals surface area (Å²) in [6, 6.07) is 16.1. The molecule has 224 valence electrons. The van der Waals surface area contributed by atoms with Crippen molar-refractivity contribution >= 4 is 34.8 Å². The van der Waals surface area contributed by atoms with Crippen LogP contribution in [-0.2, 0) is 20.7 Å². The SMILES string of the molecule is CC(=O)OC1CC(C)(COc2ccc(CC3SC(=O)NC3=O)cc2)Oc2c(C)c(C)c(OC(=O)c3ccccc3)c(C)c21. The van der Waals surface area contributed by atoms with Crippen LogP contribution in [0.1, 0.15) is 64.5 Å². The molecule has 1 saturated heterocycles. The Morgan fingerprint density at radius 2 is 1.70 bits per heavy atom. The van der Waals surface area contributed by atoms with Crippen LogP contribution in [0.15, 0.2) is 54.6 Å². The summed E-state index contributed by atoms with van der Waals surface area (Å²) in [5.41, 5.74) is 3.35. The minimum Gasteiger partial charge on any atom is -0.489 e. The summed E-state index contributed by atoms with van der Waals surface area (Å²) >= 11 is 0.998. The number of thioether (sulfide) groups is 1. The lowest BCUT2D eigenvalue weighted by Gasteiger charge is -2.41. The average molecular weight is 604 g/mol. The summed E-state index contributed by atoms with van der Waals surface area (Å²) in [5.74, 6) is 0.416. The second kappa shape index (κ2) is 12.1. The Labute approximate surface area is 254 Å². The van der Waals surface area contributed by atoms with E-state index < -0.39 is 28.9 Å². The normalized spacial score (nSPS) is 21.0. The Morgan fingerprint density at radius 1 is 1.00 bits per heavy atom. The predicted octanol–water partition coefficient (Wildman–Crippen LogP) is 5.95. The minimum atomic E-state index is -0.851. The van der Waals surface area contributed by atoms with Crippen molar-refractivity contribution < 1.29 is 38.1 Å². The quantitative estimate of drug-likeness (QED) is 0.246. The van der Waals surface area contributed by atoms with Crippen molar-refractivity contribution in [1.82, 2.24) is 5.32 Å². The standard InChI is InChI=1S/C33H33NO8S/c1-18-19(2)29-27(20(3)28(18)41-31(37)23-9-7-6-8-10-23)25(40-21(4)35)16-33(5,42-29)17-39-24-13-11-22(12-14-24)15-26-30(36)34-32(38)43-26/h6-14,25-26H,15-17H2,1-5H3,(H,34,36,38). The van der Waals surface area contributed by atoms with E-state index >= 15 is 0 Å². The van der Waals surface area contributed by atoms with E-state index in [0.717, 1.165) is 28.5 Å². The molecule has 43 heavy (non-hydrogen) atoms. The highest BCUT2D eigenvalue weighted by Crippen LogP contribution is 2.49. The molecule has 0 bridgehead atoms. The molecule has 9 nitrogen and oxygen atoms in total. The first-order valence-corrected chi connectivity index (χ1v) is 14.8. The second-order valence-electron chi connectivity index (χ2n) is 11.1. The molecule has 0 radical (unpaired) electrons. The zero-order valence-corrected chi connectivity index (χ0v) is 25.5. The Kier molecular flexibility index (Phi) is 8.50. The first-order valence-electron chi connectivity index (χ1n) is 13.9. The van der Waals surface area contributed by atoms with E-state index in [9.17, 15) is 19.2 Å². The third kappa shape index (κ3) is 6.54. The lowest BCUT2D eigenvalue weighted by molar-refractivity contribution is -0.151. The number of carbonyl (C=O) groups excluding carboxylic acids is 4. The number of esters is 2. The molecule has 0 spiro atoms. The van der Waals surface area contributed by atoms with Crippen LogP contribution in [0.2, 0.25) is 0 Å². The molecular formula is C33H33NO8S. The van der Waals surface area contributed by atoms with Crippen LogP contribution < -0.4 is 19.5 Å². The van der Waals surface area contributed by atoms with E-state index in [0.29, 0.717) is 46.8 Å². The summed E-state index contributed by atoms with van der Waals surface area (Å²) in [7, 11) is 0. The first kappa shape index (κ1) is 30.2. The van der Waals surface area contributed by atoms with Gasteiger partial charge in [-0.05, 0) is 75.1 Å². The summed E-state index contributed by atoms with van der Waals surface area (Å²) in [6.07, 6.45) is 0.100. The number of amides is 2. The van der Waals surface area contributed by atoms with Crippen molar-refractivity contribution in [2.24, 2.45) is 0 Å². The zero-order chi connectivity index (χ0) is 30.9. The minimum absolute atomic E-state index is 0.168. The molecule has 3 atom stereocenters. The van der Waals surface area contributed by atoms with Crippen LogP contribution in [0, 0.1) is 20.8 Å². The Morgan fingerprint density at radius 3 is 2.33 bits per heavy atom. The fourth-order valence-corrected chi connectivity index (χ4v) is 6.25. The van der Waals surface area contributed by atoms with Gasteiger partial charge >= 0.3 is 11.9 Å². The molecule has 3 unspecified atom stereocenters. The van der Waals surface area contributed by atoms with Crippen LogP contribution in [0.4, 0.5) is 4.79 Å². The topological polar surface area (TPSA) is 117 Å². The average Bonchev–Trinajstić information content (AvgIpc) is 3.29. The van der Waals surface area contributed by atoms with Gasteiger partial charge in [0.05, 0.1) is 10.8 Å². The lowest BCUT2D eigenvalue weighted by atomic mass is 9.85. The molecule has 0 aliphatic carbocycles. The second-order valence-corrected chi connectivity index (χ2v) is 12.3. The molecule has 2 aliphatic rings. The monoisotopic (exact) mass is 603 g/mol. The van der Waals surface area contributed by atoms with Crippen LogP contribution in [0.3, 0.4) is 0 Å². The molecule has 2 heterocycles. The number of hydrogen-bond donors (Lipinski definition) is 1. The number of imide groups is 1. The number of rotatable bonds is 8. The van der Waals surface area contributed by atoms with Crippen molar-refractivity contribution in [2.75, 3.05) is 6.61 Å². The summed E-state index contributed by atoms with van der Waals surface area (Å²) in [6.45, 7) is 9.03. The molecule has 0 aromatic heterocycles. The van der Waals surface area contributed by atoms with Gasteiger partial charge in [-0.3, -0.25) is 19.7 Å². The molecule has 2 aliphatic heterocycles. The van der Waals surface area contributed by atoms with E-state index in [1.54, 1.807) is 24.3 Å². The summed E-state index contributed by atoms with van der Waals surface area (Å²) in [5, 5.41) is 1.54. The third-order valence-corrected chi connectivity index (χ3v) is 8.67. The zero-order valence-electron chi connectivity index (χ0n) is 24.6. The van der Waals surface area contributed by atoms with Gasteiger partial charge in [-0.1, -0.05) is 42.1 Å². The van der Waals surface area contributed by atoms with Gasteiger partial charge in [0.15, 0.2) is 0 Å². The number of ether oxygens (including phenoxy) is 4. The van der Waals surface area contributed by atoms with Crippen molar-refractivity contribution in [1.29, 1.82) is 0 Å². The van der Waals surface area contributed by atoms with E-state index in [1.807, 2.05) is 58.0 Å². The Balaban J connectivity index is 1.36. The molecule has 5 rings (SSSR count). The van der Waals surface area contributed by atoms with Crippen molar-refractivity contribution in [3.05, 3.63) is 88.0 Å². The van der Waals surface area contributed by atoms with Gasteiger partial charge in [-0.2, -0.15) is 0 Å². The van der Waals surface area contributed by atoms with Gasteiger partial charge in [0, 0.05) is 24.5 Å². The largest absolute Gasteiger partial charge is 0.489 e. The lowest BCUT2D eigenvalue weighted by Crippen LogP contribution is -2.44. The van der Waals surface area contributed by atoms with Gasteiger partial charge in [0.2, 0.25) is 5.91 Å². The van der Waals surface area contributed by atoms with Gasteiger partial charge < -0.3 is 18.9 Å². The fraction of sp³-hybridized carbons (Fsp3) is 0.333. The number of carbonyl (C=O) groups is 4. The van der Waals surface area contributed by atoms with Gasteiger partial charge in [-0.25, -0.2) is 4.79 Å². The molecule has 3 aromatic rings. The van der Waals surface area contributed by atoms with E-state index in [-0.39, 0.29) is 17.8 Å². The van der Waals surface area contributed by atoms with Gasteiger partial charge in [0.25, 0.3) is 5.24 Å². The highest BCUT2D eigenvalue weighted by atomic mass is 32.2. The van der Waals surface area contributed by atoms with E-state index in [2.05, 4.69) is 5.32 Å². The molecular weight excluding hydrogens is 570 g/mol. The molecule has 0 saturated carbocycles. The molecule has 3 aromatic carbocycles. The third-order valence-electron chi connectivity index (χ3n) is 7.69. The Hall–Kier alpha value is -4.31. The van der Waals surface area contributed by atoms with E-state index in [4.69, 9.17) is 18.9 Å². The van der Waals surface area contributed by atoms with Crippen LogP contribution >= 0.6 is 11.8 Å². The number of hydrogen-bond acceptors (Lipinski definition) is 9. The number of nitrogens with one attached hydrogen (secondary N) is 1. The van der Waals surface area contributed by atoms with Gasteiger partial charge in [0.1, 0.15) is 35.6 Å². The van der Waals surface area contributed by atoms with Crippen molar-refractivity contribution in [3.8, 4) is 17.2 Å². The van der Waals surface area contributed by atoms with Crippen molar-refractivity contribution in [3.63, 3.8) is 0 Å². The fourth-order valence-electron chi connectivity index (χ4n) is 5.39. The van der Waals surface area contributed by atoms with Crippen LogP contribution in [0.25, 0.3) is 0 Å². The van der Waals surface area contributed by atoms with E-state index in [1.165, 1.54) is 6.92 Å². The van der Waals surface area contributed by atoms with Crippen molar-refractivity contribution in [2.45, 2.75) is 64.4 Å². The van der Waals surface area contributed by atoms with Crippen LogP contribution in [-0.4, -0.2) is 40.5 Å². The summed E-state index contributed by atoms with van der Waals surface area (Å²) in [4.78, 5) is 48.5. The predicted molar refractivity (Wildman–Crippen MR) is 161 cm³/mol. The highest BCUT2D eigenvalue weighted by molar-refractivity contribution is 8.15. The number of benzene rings is 3. The molecule has 1 fully saturated rings. The first-order chi connectivity index (χ1) is 20.4. The maximum absolute atomic E-state index is 12.9. The Bertz CT molecular complexity index is 1590. The molecule has 1 N–H and O–H groups in total. The number of fused-ring (bicyclic) bond motifs is 1. The highest BCUT2D eigenvalue weighted by Gasteiger charge is 2.43. The van der Waals surface area contributed by atoms with Crippen LogP contribution in [0.5, 0.6) is 17.2 Å². The molecule has 2 amide bonds. The van der Waals surface area contributed by atoms with Gasteiger partial charge in [-0.15, -0.1) is 0 Å². The summed E-state index contributed by atoms with van der Waals surface area (Å²) < 4.78 is 24.4. The smallest absolute Gasteiger partial charge is 0.343 e.